The maximum Gasteiger partial charge on any atom is 0.417 e. The first-order chi connectivity index (χ1) is 16.9. The third kappa shape index (κ3) is 5.02. The lowest BCUT2D eigenvalue weighted by molar-refractivity contribution is -0.137. The van der Waals surface area contributed by atoms with Gasteiger partial charge in [-0.15, -0.1) is 0 Å². The highest BCUT2D eigenvalue weighted by molar-refractivity contribution is 6.31. The topological polar surface area (TPSA) is 74.4 Å². The van der Waals surface area contributed by atoms with Gasteiger partial charge in [0.15, 0.2) is 0 Å². The summed E-state index contributed by atoms with van der Waals surface area (Å²) in [5, 5.41) is -0.384. The van der Waals surface area contributed by atoms with Gasteiger partial charge in [-0.1, -0.05) is 23.7 Å². The average molecular weight is 498 g/mol. The summed E-state index contributed by atoms with van der Waals surface area (Å²) >= 11 is 5.65. The highest BCUT2D eigenvalue weighted by atomic mass is 35.5. The first-order valence-electron chi connectivity index (χ1n) is 10.2. The largest absolute Gasteiger partial charge is 0.473 e. The molecule has 176 valence electrons. The van der Waals surface area contributed by atoms with Gasteiger partial charge in [-0.25, -0.2) is 15.0 Å². The zero-order chi connectivity index (χ0) is 24.4. The van der Waals surface area contributed by atoms with E-state index in [4.69, 9.17) is 21.1 Å². The summed E-state index contributed by atoms with van der Waals surface area (Å²) in [6.07, 6.45) is 3.75. The van der Waals surface area contributed by atoms with Crippen LogP contribution in [0.15, 0.2) is 79.6 Å². The Morgan fingerprint density at radius 3 is 2.40 bits per heavy atom. The highest BCUT2D eigenvalue weighted by Gasteiger charge is 2.33. The molecule has 5 aromatic rings. The third-order valence-corrected chi connectivity index (χ3v) is 5.33. The minimum absolute atomic E-state index is 0.0318. The van der Waals surface area contributed by atoms with Gasteiger partial charge in [-0.3, -0.25) is 4.40 Å². The minimum atomic E-state index is -4.57. The molecule has 5 rings (SSSR count). The predicted octanol–water partition coefficient (Wildman–Crippen LogP) is 6.23. The summed E-state index contributed by atoms with van der Waals surface area (Å²) < 4.78 is 52.2. The Balaban J connectivity index is 1.24. The summed E-state index contributed by atoms with van der Waals surface area (Å²) in [6.45, 7) is 0.225. The molecule has 0 atom stereocenters. The van der Waals surface area contributed by atoms with Crippen LogP contribution in [-0.2, 0) is 12.8 Å². The summed E-state index contributed by atoms with van der Waals surface area (Å²) in [7, 11) is 0. The van der Waals surface area contributed by atoms with Crippen LogP contribution in [0.25, 0.3) is 17.0 Å². The zero-order valence-corrected chi connectivity index (χ0v) is 18.5. The standard InChI is InChI=1S/C24H15ClF3N5O2/c25-20-6-5-18(9-19(20)24(26,27)28)35-17-3-1-15(2-4-17)13-34-22-7-8-33-21(12-31-23(33)32-22)16-10-29-14-30-11-16/h1-12,14H,13H2. The van der Waals surface area contributed by atoms with Crippen molar-refractivity contribution in [1.82, 2.24) is 24.3 Å². The molecule has 0 aliphatic heterocycles. The molecule has 7 nitrogen and oxygen atoms in total. The van der Waals surface area contributed by atoms with Crippen molar-refractivity contribution >= 4 is 17.4 Å². The molecule has 0 saturated carbocycles. The van der Waals surface area contributed by atoms with Crippen LogP contribution < -0.4 is 9.47 Å². The second-order valence-corrected chi connectivity index (χ2v) is 7.79. The van der Waals surface area contributed by atoms with Crippen molar-refractivity contribution in [2.45, 2.75) is 12.8 Å². The molecule has 0 aliphatic carbocycles. The molecule has 3 heterocycles. The van der Waals surface area contributed by atoms with Crippen molar-refractivity contribution in [2.24, 2.45) is 0 Å². The molecule has 0 saturated heterocycles. The van der Waals surface area contributed by atoms with Gasteiger partial charge in [0.1, 0.15) is 24.4 Å². The fourth-order valence-corrected chi connectivity index (χ4v) is 3.54. The van der Waals surface area contributed by atoms with Crippen LogP contribution in [0.4, 0.5) is 13.2 Å². The van der Waals surface area contributed by atoms with Gasteiger partial charge in [-0.2, -0.15) is 18.2 Å². The van der Waals surface area contributed by atoms with Crippen molar-refractivity contribution in [1.29, 1.82) is 0 Å². The van der Waals surface area contributed by atoms with Gasteiger partial charge in [-0.05, 0) is 35.9 Å². The number of rotatable bonds is 6. The van der Waals surface area contributed by atoms with Crippen molar-refractivity contribution in [2.75, 3.05) is 0 Å². The van der Waals surface area contributed by atoms with Crippen molar-refractivity contribution in [3.05, 3.63) is 95.8 Å². The van der Waals surface area contributed by atoms with E-state index >= 15 is 0 Å². The van der Waals surface area contributed by atoms with E-state index in [0.717, 1.165) is 29.0 Å². The van der Waals surface area contributed by atoms with Crippen LogP contribution in [-0.4, -0.2) is 24.3 Å². The normalized spacial score (nSPS) is 11.5. The van der Waals surface area contributed by atoms with E-state index in [-0.39, 0.29) is 17.4 Å². The second-order valence-electron chi connectivity index (χ2n) is 7.38. The average Bonchev–Trinajstić information content (AvgIpc) is 3.28. The van der Waals surface area contributed by atoms with Crippen LogP contribution in [0, 0.1) is 0 Å². The van der Waals surface area contributed by atoms with E-state index in [1.54, 1.807) is 59.5 Å². The number of fused-ring (bicyclic) bond motifs is 1. The monoisotopic (exact) mass is 497 g/mol. The molecule has 35 heavy (non-hydrogen) atoms. The fraction of sp³-hybridized carbons (Fsp3) is 0.0833. The number of imidazole rings is 1. The number of nitrogens with zero attached hydrogens (tertiary/aromatic N) is 5. The molecular formula is C24H15ClF3N5O2. The third-order valence-electron chi connectivity index (χ3n) is 5.00. The highest BCUT2D eigenvalue weighted by Crippen LogP contribution is 2.37. The van der Waals surface area contributed by atoms with E-state index in [0.29, 0.717) is 17.4 Å². The number of halogens is 4. The number of benzene rings is 2. The van der Waals surface area contributed by atoms with Crippen LogP contribution >= 0.6 is 11.6 Å². The smallest absolute Gasteiger partial charge is 0.417 e. The summed E-state index contributed by atoms with van der Waals surface area (Å²) in [5.41, 5.74) is 1.48. The maximum atomic E-state index is 13.0. The Labute approximate surface area is 201 Å². The van der Waals surface area contributed by atoms with Gasteiger partial charge in [0.25, 0.3) is 0 Å². The molecule has 0 bridgehead atoms. The van der Waals surface area contributed by atoms with Gasteiger partial charge in [0.2, 0.25) is 11.7 Å². The summed E-state index contributed by atoms with van der Waals surface area (Å²) in [6, 6.07) is 11.9. The number of alkyl halides is 3. The Morgan fingerprint density at radius 1 is 0.914 bits per heavy atom. The van der Waals surface area contributed by atoms with Crippen molar-refractivity contribution in [3.8, 4) is 28.6 Å². The Morgan fingerprint density at radius 2 is 1.66 bits per heavy atom. The fourth-order valence-electron chi connectivity index (χ4n) is 3.31. The van der Waals surface area contributed by atoms with Crippen LogP contribution in [0.1, 0.15) is 11.1 Å². The van der Waals surface area contributed by atoms with Crippen molar-refractivity contribution in [3.63, 3.8) is 0 Å². The van der Waals surface area contributed by atoms with Crippen LogP contribution in [0.5, 0.6) is 17.4 Å². The Hall–Kier alpha value is -4.18. The van der Waals surface area contributed by atoms with E-state index in [1.807, 2.05) is 0 Å². The summed E-state index contributed by atoms with van der Waals surface area (Å²) in [5.74, 6) is 1.26. The molecule has 0 amide bonds. The lowest BCUT2D eigenvalue weighted by atomic mass is 10.2. The second kappa shape index (κ2) is 9.22. The number of ether oxygens (including phenoxy) is 2. The number of aromatic nitrogens is 5. The van der Waals surface area contributed by atoms with Crippen LogP contribution in [0.3, 0.4) is 0 Å². The quantitative estimate of drug-likeness (QED) is 0.277. The molecular weight excluding hydrogens is 483 g/mol. The summed E-state index contributed by atoms with van der Waals surface area (Å²) in [4.78, 5) is 16.8. The van der Waals surface area contributed by atoms with E-state index < -0.39 is 11.7 Å². The molecule has 0 radical (unpaired) electrons. The van der Waals surface area contributed by atoms with Gasteiger partial charge < -0.3 is 9.47 Å². The van der Waals surface area contributed by atoms with Crippen LogP contribution in [0.2, 0.25) is 5.02 Å². The lowest BCUT2D eigenvalue weighted by Gasteiger charge is -2.12. The Kier molecular flexibility index (Phi) is 5.96. The van der Waals surface area contributed by atoms with Crippen molar-refractivity contribution < 1.29 is 22.6 Å². The van der Waals surface area contributed by atoms with E-state index in [2.05, 4.69) is 19.9 Å². The number of hydrogen-bond donors (Lipinski definition) is 0. The minimum Gasteiger partial charge on any atom is -0.473 e. The SMILES string of the molecule is FC(F)(F)c1cc(Oc2ccc(COc3ccn4c(-c5cncnc5)cnc4n3)cc2)ccc1Cl. The first kappa shape index (κ1) is 22.6. The van der Waals surface area contributed by atoms with Gasteiger partial charge in [0.05, 0.1) is 22.5 Å². The molecule has 0 unspecified atom stereocenters. The predicted molar refractivity (Wildman–Crippen MR) is 121 cm³/mol. The maximum absolute atomic E-state index is 13.0. The first-order valence-corrected chi connectivity index (χ1v) is 10.6. The molecule has 11 heteroatoms. The van der Waals surface area contributed by atoms with E-state index in [1.165, 1.54) is 12.4 Å². The molecule has 2 aromatic carbocycles. The molecule has 3 aromatic heterocycles. The van der Waals surface area contributed by atoms with Gasteiger partial charge >= 0.3 is 6.18 Å². The molecule has 0 spiro atoms. The van der Waals surface area contributed by atoms with Gasteiger partial charge in [0, 0.05) is 30.2 Å². The van der Waals surface area contributed by atoms with E-state index in [9.17, 15) is 13.2 Å². The molecule has 0 fully saturated rings. The Bertz CT molecular complexity index is 1470. The number of hydrogen-bond acceptors (Lipinski definition) is 6. The zero-order valence-electron chi connectivity index (χ0n) is 17.8. The lowest BCUT2D eigenvalue weighted by Crippen LogP contribution is -2.05. The molecule has 0 aliphatic rings. The molecule has 0 N–H and O–H groups in total.